The van der Waals surface area contributed by atoms with Gasteiger partial charge in [0.1, 0.15) is 24.1 Å². The molecule has 0 aliphatic carbocycles. The van der Waals surface area contributed by atoms with Crippen molar-refractivity contribution in [2.75, 3.05) is 31.3 Å². The predicted octanol–water partition coefficient (Wildman–Crippen LogP) is 3.46. The molecule has 0 spiro atoms. The molecule has 1 unspecified atom stereocenters. The Bertz CT molecular complexity index is 1200. The zero-order valence-corrected chi connectivity index (χ0v) is 23.2. The Morgan fingerprint density at radius 1 is 1.08 bits per heavy atom. The van der Waals surface area contributed by atoms with Gasteiger partial charge in [0.05, 0.1) is 26.2 Å². The van der Waals surface area contributed by atoms with E-state index in [1.54, 1.807) is 37.3 Å². The summed E-state index contributed by atoms with van der Waals surface area (Å²) in [5.74, 6) is -0.129. The van der Waals surface area contributed by atoms with E-state index < -0.39 is 34.1 Å². The number of nitrogens with one attached hydrogen (secondary N) is 1. The predicted molar refractivity (Wildman–Crippen MR) is 141 cm³/mol. The molecule has 0 bridgehead atoms. The standard InChI is InChI=1S/C25H34ClN3O6S/c1-17(24(31)27-25(2,3)4)28(15-18-9-8-10-20(13-18)34-5)23(30)16-29(36(7,32)33)21-14-19(26)11-12-22(21)35-6/h8-14,17H,15-16H2,1-7H3,(H,27,31). The Hall–Kier alpha value is -2.98. The largest absolute Gasteiger partial charge is 0.497 e. The lowest BCUT2D eigenvalue weighted by Gasteiger charge is -2.33. The number of rotatable bonds is 10. The van der Waals surface area contributed by atoms with E-state index >= 15 is 0 Å². The Kier molecular flexibility index (Phi) is 9.62. The highest BCUT2D eigenvalue weighted by Gasteiger charge is 2.32. The number of halogens is 1. The van der Waals surface area contributed by atoms with E-state index in [0.29, 0.717) is 11.3 Å². The molecule has 2 aromatic carbocycles. The topological polar surface area (TPSA) is 105 Å². The molecule has 0 aliphatic rings. The first-order valence-electron chi connectivity index (χ1n) is 11.2. The summed E-state index contributed by atoms with van der Waals surface area (Å²) in [5.41, 5.74) is 0.307. The number of carbonyl (C=O) groups excluding carboxylic acids is 2. The summed E-state index contributed by atoms with van der Waals surface area (Å²) in [6, 6.07) is 10.7. The van der Waals surface area contributed by atoms with Gasteiger partial charge in [0.15, 0.2) is 0 Å². The fourth-order valence-corrected chi connectivity index (χ4v) is 4.49. The van der Waals surface area contributed by atoms with Crippen LogP contribution in [0.25, 0.3) is 0 Å². The van der Waals surface area contributed by atoms with Crippen molar-refractivity contribution in [3.63, 3.8) is 0 Å². The Labute approximate surface area is 218 Å². The minimum Gasteiger partial charge on any atom is -0.497 e. The molecule has 36 heavy (non-hydrogen) atoms. The van der Waals surface area contributed by atoms with E-state index in [-0.39, 0.29) is 28.9 Å². The van der Waals surface area contributed by atoms with Gasteiger partial charge in [-0.1, -0.05) is 23.7 Å². The van der Waals surface area contributed by atoms with Crippen LogP contribution < -0.4 is 19.1 Å². The van der Waals surface area contributed by atoms with Crippen molar-refractivity contribution in [2.24, 2.45) is 0 Å². The number of nitrogens with zero attached hydrogens (tertiary/aromatic N) is 2. The Morgan fingerprint density at radius 2 is 1.75 bits per heavy atom. The summed E-state index contributed by atoms with van der Waals surface area (Å²) in [6.45, 7) is 6.60. The van der Waals surface area contributed by atoms with Gasteiger partial charge in [-0.3, -0.25) is 13.9 Å². The molecule has 0 saturated carbocycles. The number of anilines is 1. The van der Waals surface area contributed by atoms with Crippen molar-refractivity contribution < 1.29 is 27.5 Å². The van der Waals surface area contributed by atoms with Gasteiger partial charge in [0, 0.05) is 17.1 Å². The lowest BCUT2D eigenvalue weighted by Crippen LogP contribution is -2.54. The third-order valence-corrected chi connectivity index (χ3v) is 6.60. The molecular weight excluding hydrogens is 506 g/mol. The average molecular weight is 540 g/mol. The highest BCUT2D eigenvalue weighted by molar-refractivity contribution is 7.92. The van der Waals surface area contributed by atoms with Crippen LogP contribution in [0.2, 0.25) is 5.02 Å². The van der Waals surface area contributed by atoms with Gasteiger partial charge in [-0.05, 0) is 63.6 Å². The summed E-state index contributed by atoms with van der Waals surface area (Å²) in [4.78, 5) is 28.0. The quantitative estimate of drug-likeness (QED) is 0.496. The first-order chi connectivity index (χ1) is 16.7. The van der Waals surface area contributed by atoms with Crippen molar-refractivity contribution >= 4 is 39.1 Å². The molecule has 2 rings (SSSR count). The zero-order chi connectivity index (χ0) is 27.3. The SMILES string of the molecule is COc1cccc(CN(C(=O)CN(c2cc(Cl)ccc2OC)S(C)(=O)=O)C(C)C(=O)NC(C)(C)C)c1. The van der Waals surface area contributed by atoms with Crippen molar-refractivity contribution in [3.05, 3.63) is 53.1 Å². The van der Waals surface area contributed by atoms with Crippen LogP contribution >= 0.6 is 11.6 Å². The lowest BCUT2D eigenvalue weighted by molar-refractivity contribution is -0.140. The van der Waals surface area contributed by atoms with E-state index in [9.17, 15) is 18.0 Å². The molecule has 0 radical (unpaired) electrons. The van der Waals surface area contributed by atoms with Crippen molar-refractivity contribution in [2.45, 2.75) is 45.8 Å². The molecule has 1 N–H and O–H groups in total. The average Bonchev–Trinajstić information content (AvgIpc) is 2.78. The number of carbonyl (C=O) groups is 2. The van der Waals surface area contributed by atoms with Crippen molar-refractivity contribution in [1.29, 1.82) is 0 Å². The van der Waals surface area contributed by atoms with Crippen LogP contribution in [0.1, 0.15) is 33.3 Å². The Balaban J connectivity index is 2.49. The second kappa shape index (κ2) is 11.8. The summed E-state index contributed by atoms with van der Waals surface area (Å²) in [6.07, 6.45) is 0.989. The normalized spacial score (nSPS) is 12.4. The van der Waals surface area contributed by atoms with Crippen LogP contribution in [0.15, 0.2) is 42.5 Å². The summed E-state index contributed by atoms with van der Waals surface area (Å²) >= 11 is 6.12. The first-order valence-corrected chi connectivity index (χ1v) is 13.4. The van der Waals surface area contributed by atoms with Crippen LogP contribution in [-0.4, -0.2) is 63.7 Å². The van der Waals surface area contributed by atoms with Gasteiger partial charge >= 0.3 is 0 Å². The van der Waals surface area contributed by atoms with Crippen molar-refractivity contribution in [3.8, 4) is 11.5 Å². The fourth-order valence-electron chi connectivity index (χ4n) is 3.48. The van der Waals surface area contributed by atoms with Crippen LogP contribution in [0.4, 0.5) is 5.69 Å². The van der Waals surface area contributed by atoms with E-state index in [2.05, 4.69) is 5.32 Å². The van der Waals surface area contributed by atoms with Gasteiger partial charge in [-0.25, -0.2) is 8.42 Å². The maximum Gasteiger partial charge on any atom is 0.244 e. The third-order valence-electron chi connectivity index (χ3n) is 5.24. The lowest BCUT2D eigenvalue weighted by atomic mass is 10.1. The number of methoxy groups -OCH3 is 2. The molecule has 0 saturated heterocycles. The molecule has 9 nitrogen and oxygen atoms in total. The maximum absolute atomic E-state index is 13.7. The van der Waals surface area contributed by atoms with Crippen LogP contribution in [-0.2, 0) is 26.2 Å². The zero-order valence-electron chi connectivity index (χ0n) is 21.7. The first kappa shape index (κ1) is 29.3. The number of benzene rings is 2. The molecule has 0 aliphatic heterocycles. The monoisotopic (exact) mass is 539 g/mol. The van der Waals surface area contributed by atoms with E-state index in [1.807, 2.05) is 20.8 Å². The summed E-state index contributed by atoms with van der Waals surface area (Å²) in [7, 11) is -1.00. The molecule has 1 atom stereocenters. The molecule has 0 fully saturated rings. The Morgan fingerprint density at radius 3 is 2.31 bits per heavy atom. The highest BCUT2D eigenvalue weighted by Crippen LogP contribution is 2.33. The van der Waals surface area contributed by atoms with Gasteiger partial charge in [-0.2, -0.15) is 0 Å². The number of sulfonamides is 1. The number of hydrogen-bond acceptors (Lipinski definition) is 6. The van der Waals surface area contributed by atoms with E-state index in [1.165, 1.54) is 31.3 Å². The van der Waals surface area contributed by atoms with Gasteiger partial charge in [0.2, 0.25) is 21.8 Å². The summed E-state index contributed by atoms with van der Waals surface area (Å²) in [5, 5.41) is 3.15. The van der Waals surface area contributed by atoms with Crippen LogP contribution in [0.3, 0.4) is 0 Å². The number of hydrogen-bond donors (Lipinski definition) is 1. The highest BCUT2D eigenvalue weighted by atomic mass is 35.5. The molecule has 2 aromatic rings. The van der Waals surface area contributed by atoms with Crippen molar-refractivity contribution in [1.82, 2.24) is 10.2 Å². The van der Waals surface area contributed by atoms with Crippen LogP contribution in [0.5, 0.6) is 11.5 Å². The molecule has 0 aromatic heterocycles. The van der Waals surface area contributed by atoms with Crippen LogP contribution in [0, 0.1) is 0 Å². The molecule has 11 heteroatoms. The van der Waals surface area contributed by atoms with E-state index in [4.69, 9.17) is 21.1 Å². The third kappa shape index (κ3) is 8.03. The number of amides is 2. The number of ether oxygens (including phenoxy) is 2. The minimum atomic E-state index is -3.93. The summed E-state index contributed by atoms with van der Waals surface area (Å²) < 4.78 is 37.0. The van der Waals surface area contributed by atoms with Gasteiger partial charge in [-0.15, -0.1) is 0 Å². The minimum absolute atomic E-state index is 0.0546. The molecular formula is C25H34ClN3O6S. The second-order valence-corrected chi connectivity index (χ2v) is 11.7. The molecule has 2 amide bonds. The maximum atomic E-state index is 13.7. The molecule has 198 valence electrons. The smallest absolute Gasteiger partial charge is 0.244 e. The van der Waals surface area contributed by atoms with E-state index in [0.717, 1.165) is 10.6 Å². The second-order valence-electron chi connectivity index (χ2n) is 9.37. The molecule has 0 heterocycles. The van der Waals surface area contributed by atoms with Gasteiger partial charge in [0.25, 0.3) is 0 Å². The fraction of sp³-hybridized carbons (Fsp3) is 0.440. The van der Waals surface area contributed by atoms with Gasteiger partial charge < -0.3 is 19.7 Å².